The maximum atomic E-state index is 11.6. The quantitative estimate of drug-likeness (QED) is 0.782. The Morgan fingerprint density at radius 2 is 2.21 bits per heavy atom. The summed E-state index contributed by atoms with van der Waals surface area (Å²) in [4.78, 5) is 19.7. The predicted octanol–water partition coefficient (Wildman–Crippen LogP) is 1.51. The highest BCUT2D eigenvalue weighted by molar-refractivity contribution is 5.76. The fraction of sp³-hybridized carbons (Fsp3) is 0.615. The van der Waals surface area contributed by atoms with Crippen LogP contribution in [0, 0.1) is 6.92 Å². The molecular weight excluding hydrogens is 244 g/mol. The van der Waals surface area contributed by atoms with Gasteiger partial charge in [-0.25, -0.2) is 9.97 Å². The Morgan fingerprint density at radius 3 is 2.84 bits per heavy atom. The molecule has 106 valence electrons. The highest BCUT2D eigenvalue weighted by Crippen LogP contribution is 2.19. The highest BCUT2D eigenvalue weighted by Gasteiger charge is 2.08. The Labute approximate surface area is 114 Å². The van der Waals surface area contributed by atoms with E-state index in [1.54, 1.807) is 7.11 Å². The minimum Gasteiger partial charge on any atom is -0.481 e. The number of nitrogens with one attached hydrogen (secondary N) is 2. The van der Waals surface area contributed by atoms with E-state index in [2.05, 4.69) is 20.6 Å². The van der Waals surface area contributed by atoms with Gasteiger partial charge in [-0.1, -0.05) is 6.92 Å². The van der Waals surface area contributed by atoms with Crippen molar-refractivity contribution in [2.24, 2.45) is 0 Å². The molecule has 6 heteroatoms. The van der Waals surface area contributed by atoms with Gasteiger partial charge in [0, 0.05) is 19.0 Å². The zero-order valence-corrected chi connectivity index (χ0v) is 12.0. The number of rotatable bonds is 7. The lowest BCUT2D eigenvalue weighted by molar-refractivity contribution is -0.121. The molecule has 0 aliphatic carbocycles. The average Bonchev–Trinajstić information content (AvgIpc) is 2.40. The van der Waals surface area contributed by atoms with Crippen LogP contribution in [0.2, 0.25) is 0 Å². The maximum absolute atomic E-state index is 11.6. The second-order valence-corrected chi connectivity index (χ2v) is 4.41. The molecule has 1 aromatic rings. The zero-order chi connectivity index (χ0) is 14.3. The van der Waals surface area contributed by atoms with Crippen molar-refractivity contribution in [3.8, 4) is 5.88 Å². The molecule has 0 aliphatic rings. The predicted molar refractivity (Wildman–Crippen MR) is 74.3 cm³/mol. The van der Waals surface area contributed by atoms with Crippen LogP contribution in [0.25, 0.3) is 0 Å². The summed E-state index contributed by atoms with van der Waals surface area (Å²) in [6, 6.07) is 0.216. The molecule has 19 heavy (non-hydrogen) atoms. The van der Waals surface area contributed by atoms with Crippen LogP contribution in [0.5, 0.6) is 5.88 Å². The third-order valence-electron chi connectivity index (χ3n) is 2.90. The maximum Gasteiger partial charge on any atom is 0.221 e. The Kier molecular flexibility index (Phi) is 6.05. The van der Waals surface area contributed by atoms with Crippen LogP contribution in [-0.4, -0.2) is 35.6 Å². The summed E-state index contributed by atoms with van der Waals surface area (Å²) in [5.74, 6) is 1.28. The summed E-state index contributed by atoms with van der Waals surface area (Å²) in [7, 11) is 1.57. The molecule has 1 rings (SSSR count). The van der Waals surface area contributed by atoms with E-state index in [9.17, 15) is 4.79 Å². The van der Waals surface area contributed by atoms with Crippen molar-refractivity contribution in [3.05, 3.63) is 11.9 Å². The Bertz CT molecular complexity index is 423. The molecule has 1 amide bonds. The van der Waals surface area contributed by atoms with E-state index >= 15 is 0 Å². The molecule has 0 aromatic carbocycles. The second-order valence-electron chi connectivity index (χ2n) is 4.41. The van der Waals surface area contributed by atoms with Gasteiger partial charge in [-0.2, -0.15) is 0 Å². The molecular formula is C13H22N4O2. The van der Waals surface area contributed by atoms with Crippen molar-refractivity contribution in [2.45, 2.75) is 39.7 Å². The van der Waals surface area contributed by atoms with Crippen LogP contribution >= 0.6 is 0 Å². The minimum atomic E-state index is 0.0422. The standard InChI is InChI=1S/C13H22N4O2/c1-5-9(2)17-11(18)6-7-14-12-10(3)13(19-4)16-8-15-12/h8-9H,5-7H2,1-4H3,(H,17,18)(H,14,15,16). The number of anilines is 1. The first kappa shape index (κ1) is 15.2. The lowest BCUT2D eigenvalue weighted by Gasteiger charge is -2.12. The summed E-state index contributed by atoms with van der Waals surface area (Å²) in [6.45, 7) is 6.44. The van der Waals surface area contributed by atoms with Crippen LogP contribution in [0.15, 0.2) is 6.33 Å². The molecule has 1 aromatic heterocycles. The summed E-state index contributed by atoms with van der Waals surface area (Å²) >= 11 is 0. The van der Waals surface area contributed by atoms with E-state index in [0.717, 1.165) is 12.0 Å². The minimum absolute atomic E-state index is 0.0422. The molecule has 2 N–H and O–H groups in total. The van der Waals surface area contributed by atoms with E-state index < -0.39 is 0 Å². The van der Waals surface area contributed by atoms with E-state index in [0.29, 0.717) is 24.7 Å². The van der Waals surface area contributed by atoms with Gasteiger partial charge in [0.05, 0.1) is 12.7 Å². The van der Waals surface area contributed by atoms with E-state index in [1.165, 1.54) is 6.33 Å². The number of carbonyl (C=O) groups excluding carboxylic acids is 1. The Morgan fingerprint density at radius 1 is 1.47 bits per heavy atom. The summed E-state index contributed by atoms with van der Waals surface area (Å²) in [5.41, 5.74) is 0.840. The van der Waals surface area contributed by atoms with Gasteiger partial charge >= 0.3 is 0 Å². The Hall–Kier alpha value is -1.85. The molecule has 0 bridgehead atoms. The van der Waals surface area contributed by atoms with Gasteiger partial charge in [0.25, 0.3) is 0 Å². The first-order valence-corrected chi connectivity index (χ1v) is 6.47. The first-order chi connectivity index (χ1) is 9.08. The molecule has 1 atom stereocenters. The van der Waals surface area contributed by atoms with Gasteiger partial charge in [0.15, 0.2) is 0 Å². The number of ether oxygens (including phenoxy) is 1. The largest absolute Gasteiger partial charge is 0.481 e. The lowest BCUT2D eigenvalue weighted by atomic mass is 10.2. The van der Waals surface area contributed by atoms with Crippen molar-refractivity contribution in [1.82, 2.24) is 15.3 Å². The van der Waals surface area contributed by atoms with Gasteiger partial charge in [0.2, 0.25) is 11.8 Å². The molecule has 0 aliphatic heterocycles. The number of amides is 1. The van der Waals surface area contributed by atoms with Crippen molar-refractivity contribution in [1.29, 1.82) is 0 Å². The average molecular weight is 266 g/mol. The smallest absolute Gasteiger partial charge is 0.221 e. The number of nitrogens with zero attached hydrogens (tertiary/aromatic N) is 2. The SMILES string of the molecule is CCC(C)NC(=O)CCNc1ncnc(OC)c1C. The molecule has 0 saturated heterocycles. The summed E-state index contributed by atoms with van der Waals surface area (Å²) in [5, 5.41) is 6.03. The van der Waals surface area contributed by atoms with Gasteiger partial charge in [0.1, 0.15) is 12.1 Å². The Balaban J connectivity index is 2.43. The molecule has 0 saturated carbocycles. The molecule has 0 spiro atoms. The van der Waals surface area contributed by atoms with Crippen molar-refractivity contribution in [3.63, 3.8) is 0 Å². The van der Waals surface area contributed by atoms with Gasteiger partial charge in [-0.05, 0) is 20.3 Å². The lowest BCUT2D eigenvalue weighted by Crippen LogP contribution is -2.33. The monoisotopic (exact) mass is 266 g/mol. The van der Waals surface area contributed by atoms with E-state index in [-0.39, 0.29) is 11.9 Å². The molecule has 1 heterocycles. The number of aromatic nitrogens is 2. The van der Waals surface area contributed by atoms with Gasteiger partial charge < -0.3 is 15.4 Å². The van der Waals surface area contributed by atoms with Crippen LogP contribution in [0.4, 0.5) is 5.82 Å². The van der Waals surface area contributed by atoms with Gasteiger partial charge in [-0.3, -0.25) is 4.79 Å². The fourth-order valence-corrected chi connectivity index (χ4v) is 1.56. The number of hydrogen-bond donors (Lipinski definition) is 2. The zero-order valence-electron chi connectivity index (χ0n) is 12.0. The normalized spacial score (nSPS) is 11.8. The molecule has 6 nitrogen and oxygen atoms in total. The number of methoxy groups -OCH3 is 1. The van der Waals surface area contributed by atoms with E-state index in [4.69, 9.17) is 4.74 Å². The fourth-order valence-electron chi connectivity index (χ4n) is 1.56. The number of carbonyl (C=O) groups is 1. The molecule has 0 radical (unpaired) electrons. The van der Waals surface area contributed by atoms with E-state index in [1.807, 2.05) is 20.8 Å². The molecule has 1 unspecified atom stereocenters. The van der Waals surface area contributed by atoms with Crippen LogP contribution in [0.3, 0.4) is 0 Å². The van der Waals surface area contributed by atoms with Crippen molar-refractivity contribution >= 4 is 11.7 Å². The highest BCUT2D eigenvalue weighted by atomic mass is 16.5. The second kappa shape index (κ2) is 7.56. The van der Waals surface area contributed by atoms with Crippen molar-refractivity contribution < 1.29 is 9.53 Å². The summed E-state index contributed by atoms with van der Waals surface area (Å²) < 4.78 is 5.11. The topological polar surface area (TPSA) is 76.1 Å². The third kappa shape index (κ3) is 4.73. The van der Waals surface area contributed by atoms with Crippen LogP contribution in [0.1, 0.15) is 32.3 Å². The van der Waals surface area contributed by atoms with Crippen LogP contribution in [-0.2, 0) is 4.79 Å². The van der Waals surface area contributed by atoms with Gasteiger partial charge in [-0.15, -0.1) is 0 Å². The number of hydrogen-bond acceptors (Lipinski definition) is 5. The first-order valence-electron chi connectivity index (χ1n) is 6.47. The molecule has 0 fully saturated rings. The van der Waals surface area contributed by atoms with Crippen LogP contribution < -0.4 is 15.4 Å². The van der Waals surface area contributed by atoms with Crippen molar-refractivity contribution in [2.75, 3.05) is 19.0 Å². The summed E-state index contributed by atoms with van der Waals surface area (Å²) in [6.07, 6.45) is 2.78. The third-order valence-corrected chi connectivity index (χ3v) is 2.90.